The molecule has 0 aliphatic carbocycles. The van der Waals surface area contributed by atoms with Gasteiger partial charge in [-0.05, 0) is 31.8 Å². The van der Waals surface area contributed by atoms with Gasteiger partial charge >= 0.3 is 5.69 Å². The maximum absolute atomic E-state index is 11.6. The van der Waals surface area contributed by atoms with Gasteiger partial charge in [0.15, 0.2) is 5.75 Å². The number of benzene rings is 1. The monoisotopic (exact) mass is 414 g/mol. The van der Waals surface area contributed by atoms with Crippen molar-refractivity contribution in [1.82, 2.24) is 20.0 Å². The van der Waals surface area contributed by atoms with Gasteiger partial charge in [-0.15, -0.1) is 0 Å². The van der Waals surface area contributed by atoms with Gasteiger partial charge < -0.3 is 15.0 Å². The zero-order valence-corrected chi connectivity index (χ0v) is 17.7. The van der Waals surface area contributed by atoms with Gasteiger partial charge in [0, 0.05) is 74.9 Å². The number of piperidine rings is 1. The second-order valence-electron chi connectivity index (χ2n) is 8.18. The molecular weight excluding hydrogens is 384 g/mol. The second-order valence-corrected chi connectivity index (χ2v) is 8.18. The Labute approximate surface area is 176 Å². The molecule has 2 fully saturated rings. The van der Waals surface area contributed by atoms with Crippen LogP contribution in [0.15, 0.2) is 24.5 Å². The third-order valence-electron chi connectivity index (χ3n) is 6.20. The zero-order chi connectivity index (χ0) is 21.1. The zero-order valence-electron chi connectivity index (χ0n) is 17.7. The number of rotatable bonds is 6. The van der Waals surface area contributed by atoms with Crippen LogP contribution >= 0.6 is 0 Å². The first kappa shape index (κ1) is 20.6. The summed E-state index contributed by atoms with van der Waals surface area (Å²) >= 11 is 0. The summed E-state index contributed by atoms with van der Waals surface area (Å²) < 4.78 is 7.06. The van der Waals surface area contributed by atoms with Crippen LogP contribution < -0.4 is 15.0 Å². The number of hydrogen-bond donors (Lipinski definition) is 1. The molecule has 9 nitrogen and oxygen atoms in total. The predicted octanol–water partition coefficient (Wildman–Crippen LogP) is 2.13. The van der Waals surface area contributed by atoms with E-state index in [9.17, 15) is 10.1 Å². The Morgan fingerprint density at radius 3 is 2.57 bits per heavy atom. The van der Waals surface area contributed by atoms with Crippen LogP contribution in [0.4, 0.5) is 11.4 Å². The van der Waals surface area contributed by atoms with E-state index in [1.165, 1.54) is 20.0 Å². The van der Waals surface area contributed by atoms with Crippen molar-refractivity contribution in [2.24, 2.45) is 13.0 Å². The third kappa shape index (κ3) is 4.41. The molecule has 2 saturated heterocycles. The number of nitrogens with one attached hydrogen (secondary N) is 1. The van der Waals surface area contributed by atoms with E-state index >= 15 is 0 Å². The van der Waals surface area contributed by atoms with E-state index in [-0.39, 0.29) is 10.6 Å². The summed E-state index contributed by atoms with van der Waals surface area (Å²) in [5, 5.41) is 19.3. The van der Waals surface area contributed by atoms with Gasteiger partial charge in [0.1, 0.15) is 0 Å². The lowest BCUT2D eigenvalue weighted by Gasteiger charge is -2.39. The topological polar surface area (TPSA) is 88.7 Å². The van der Waals surface area contributed by atoms with Crippen LogP contribution in [0.2, 0.25) is 0 Å². The largest absolute Gasteiger partial charge is 0.490 e. The smallest absolute Gasteiger partial charge is 0.311 e. The maximum atomic E-state index is 11.6. The van der Waals surface area contributed by atoms with Gasteiger partial charge in [-0.25, -0.2) is 0 Å². The number of nitrogens with zero attached hydrogens (tertiary/aromatic N) is 5. The highest BCUT2D eigenvalue weighted by Crippen LogP contribution is 2.40. The van der Waals surface area contributed by atoms with Gasteiger partial charge in [0.2, 0.25) is 0 Å². The highest BCUT2D eigenvalue weighted by Gasteiger charge is 2.26. The predicted molar refractivity (Wildman–Crippen MR) is 116 cm³/mol. The highest BCUT2D eigenvalue weighted by molar-refractivity contribution is 5.82. The summed E-state index contributed by atoms with van der Waals surface area (Å²) in [5.41, 5.74) is 2.63. The SMILES string of the molecule is COc1cc(N2CCN(CC3CCNCC3)CC2)c(-c2cnn(C)c2)cc1[N+](=O)[O-]. The van der Waals surface area contributed by atoms with Gasteiger partial charge in [-0.2, -0.15) is 5.10 Å². The van der Waals surface area contributed by atoms with Crippen LogP contribution in [-0.2, 0) is 7.05 Å². The Hall–Kier alpha value is -2.65. The Morgan fingerprint density at radius 1 is 1.23 bits per heavy atom. The summed E-state index contributed by atoms with van der Waals surface area (Å²) in [6.45, 7) is 7.18. The number of aromatic nitrogens is 2. The average molecular weight is 415 g/mol. The van der Waals surface area contributed by atoms with E-state index in [2.05, 4.69) is 20.2 Å². The molecule has 2 aliphatic heterocycles. The molecular formula is C21H30N6O3. The van der Waals surface area contributed by atoms with Crippen LogP contribution in [-0.4, -0.2) is 72.5 Å². The van der Waals surface area contributed by atoms with E-state index in [0.717, 1.165) is 68.5 Å². The van der Waals surface area contributed by atoms with Crippen molar-refractivity contribution >= 4 is 11.4 Å². The van der Waals surface area contributed by atoms with Crippen molar-refractivity contribution in [3.8, 4) is 16.9 Å². The number of ether oxygens (including phenoxy) is 1. The Balaban J connectivity index is 1.56. The molecule has 1 aromatic heterocycles. The van der Waals surface area contributed by atoms with Crippen molar-refractivity contribution in [1.29, 1.82) is 0 Å². The van der Waals surface area contributed by atoms with Gasteiger partial charge in [0.25, 0.3) is 0 Å². The van der Waals surface area contributed by atoms with E-state index in [1.54, 1.807) is 16.9 Å². The molecule has 30 heavy (non-hydrogen) atoms. The third-order valence-corrected chi connectivity index (χ3v) is 6.20. The van der Waals surface area contributed by atoms with Crippen molar-refractivity contribution in [2.75, 3.05) is 57.8 Å². The standard InChI is InChI=1S/C21H30N6O3/c1-24-15-17(13-23-24)18-11-20(27(28)29)21(30-2)12-19(18)26-9-7-25(8-10-26)14-16-3-5-22-6-4-16/h11-13,15-16,22H,3-10,14H2,1-2H3. The number of hydrogen-bond acceptors (Lipinski definition) is 7. The number of aryl methyl sites for hydroxylation is 1. The van der Waals surface area contributed by atoms with Crippen LogP contribution in [0.1, 0.15) is 12.8 Å². The van der Waals surface area contributed by atoms with Crippen molar-refractivity contribution in [3.63, 3.8) is 0 Å². The van der Waals surface area contributed by atoms with Crippen LogP contribution in [0.25, 0.3) is 11.1 Å². The Bertz CT molecular complexity index is 885. The fourth-order valence-electron chi connectivity index (χ4n) is 4.52. The van der Waals surface area contributed by atoms with Crippen molar-refractivity contribution < 1.29 is 9.66 Å². The summed E-state index contributed by atoms with van der Waals surface area (Å²) in [4.78, 5) is 16.0. The molecule has 0 radical (unpaired) electrons. The first-order valence-electron chi connectivity index (χ1n) is 10.6. The first-order valence-corrected chi connectivity index (χ1v) is 10.6. The summed E-state index contributed by atoms with van der Waals surface area (Å²) in [6, 6.07) is 3.43. The van der Waals surface area contributed by atoms with Crippen LogP contribution in [0.5, 0.6) is 5.75 Å². The Morgan fingerprint density at radius 2 is 1.97 bits per heavy atom. The number of methoxy groups -OCH3 is 1. The van der Waals surface area contributed by atoms with Crippen molar-refractivity contribution in [3.05, 3.63) is 34.6 Å². The van der Waals surface area contributed by atoms with Crippen LogP contribution in [0, 0.1) is 16.0 Å². The minimum atomic E-state index is -0.389. The quantitative estimate of drug-likeness (QED) is 0.572. The average Bonchev–Trinajstić information content (AvgIpc) is 3.20. The molecule has 0 saturated carbocycles. The minimum Gasteiger partial charge on any atom is -0.490 e. The lowest BCUT2D eigenvalue weighted by Crippen LogP contribution is -2.48. The first-order chi connectivity index (χ1) is 14.5. The highest BCUT2D eigenvalue weighted by atomic mass is 16.6. The molecule has 0 amide bonds. The molecule has 2 aliphatic rings. The molecule has 0 unspecified atom stereocenters. The van der Waals surface area contributed by atoms with E-state index in [4.69, 9.17) is 4.74 Å². The molecule has 4 rings (SSSR count). The van der Waals surface area contributed by atoms with E-state index in [0.29, 0.717) is 5.75 Å². The fraction of sp³-hybridized carbons (Fsp3) is 0.571. The molecule has 0 bridgehead atoms. The summed E-state index contributed by atoms with van der Waals surface area (Å²) in [5.74, 6) is 1.07. The number of anilines is 1. The molecule has 2 aromatic rings. The number of nitro benzene ring substituents is 1. The molecule has 162 valence electrons. The molecule has 9 heteroatoms. The second kappa shape index (κ2) is 9.01. The lowest BCUT2D eigenvalue weighted by atomic mass is 9.97. The van der Waals surface area contributed by atoms with Crippen LogP contribution in [0.3, 0.4) is 0 Å². The summed E-state index contributed by atoms with van der Waals surface area (Å²) in [7, 11) is 3.33. The lowest BCUT2D eigenvalue weighted by molar-refractivity contribution is -0.385. The normalized spacial score (nSPS) is 18.5. The van der Waals surface area contributed by atoms with E-state index < -0.39 is 0 Å². The maximum Gasteiger partial charge on any atom is 0.311 e. The van der Waals surface area contributed by atoms with Crippen molar-refractivity contribution in [2.45, 2.75) is 12.8 Å². The van der Waals surface area contributed by atoms with Gasteiger partial charge in [-0.1, -0.05) is 0 Å². The fourth-order valence-corrected chi connectivity index (χ4v) is 4.52. The molecule has 1 aromatic carbocycles. The summed E-state index contributed by atoms with van der Waals surface area (Å²) in [6.07, 6.45) is 6.15. The van der Waals surface area contributed by atoms with Gasteiger partial charge in [0.05, 0.1) is 18.2 Å². The Kier molecular flexibility index (Phi) is 6.19. The molecule has 0 spiro atoms. The van der Waals surface area contributed by atoms with Gasteiger partial charge in [-0.3, -0.25) is 19.7 Å². The molecule has 0 atom stereocenters. The molecule has 1 N–H and O–H groups in total. The minimum absolute atomic E-state index is 0.0235. The van der Waals surface area contributed by atoms with E-state index in [1.807, 2.05) is 19.3 Å². The number of nitro groups is 1. The molecule has 3 heterocycles. The number of piperazine rings is 1.